The molecule has 8 heteroatoms. The van der Waals surface area contributed by atoms with E-state index in [-0.39, 0.29) is 28.7 Å². The predicted molar refractivity (Wildman–Crippen MR) is 83.1 cm³/mol. The van der Waals surface area contributed by atoms with Crippen molar-refractivity contribution in [1.29, 1.82) is 0 Å². The molecule has 0 spiro atoms. The van der Waals surface area contributed by atoms with Crippen LogP contribution in [0.5, 0.6) is 0 Å². The molecule has 2 unspecified atom stereocenters. The SMILES string of the molecule is CC1CN(S(=O)(=O)c2ccc(Cl)c(CN)c2Cl)CC(C)O1. The van der Waals surface area contributed by atoms with Crippen molar-refractivity contribution in [2.75, 3.05) is 13.1 Å². The van der Waals surface area contributed by atoms with E-state index in [1.165, 1.54) is 16.4 Å². The summed E-state index contributed by atoms with van der Waals surface area (Å²) in [5, 5.41) is 0.460. The lowest BCUT2D eigenvalue weighted by atomic mass is 10.2. The summed E-state index contributed by atoms with van der Waals surface area (Å²) in [6.45, 7) is 4.35. The minimum Gasteiger partial charge on any atom is -0.373 e. The van der Waals surface area contributed by atoms with Gasteiger partial charge < -0.3 is 10.5 Å². The summed E-state index contributed by atoms with van der Waals surface area (Å²) >= 11 is 12.2. The van der Waals surface area contributed by atoms with Crippen molar-refractivity contribution in [2.45, 2.75) is 37.5 Å². The van der Waals surface area contributed by atoms with Crippen molar-refractivity contribution in [2.24, 2.45) is 5.73 Å². The van der Waals surface area contributed by atoms with Crippen LogP contribution in [0.15, 0.2) is 17.0 Å². The molecule has 1 saturated heterocycles. The molecule has 0 aliphatic carbocycles. The molecule has 2 rings (SSSR count). The number of nitrogens with two attached hydrogens (primary N) is 1. The summed E-state index contributed by atoms with van der Waals surface area (Å²) in [6, 6.07) is 2.93. The fraction of sp³-hybridized carbons (Fsp3) is 0.538. The van der Waals surface area contributed by atoms with E-state index in [0.29, 0.717) is 23.7 Å². The van der Waals surface area contributed by atoms with Crippen LogP contribution in [0, 0.1) is 0 Å². The summed E-state index contributed by atoms with van der Waals surface area (Å²) in [5.74, 6) is 0. The Bertz CT molecular complexity index is 627. The van der Waals surface area contributed by atoms with Crippen LogP contribution in [0.25, 0.3) is 0 Å². The van der Waals surface area contributed by atoms with Gasteiger partial charge in [0.05, 0.1) is 17.2 Å². The lowest BCUT2D eigenvalue weighted by molar-refractivity contribution is -0.0440. The Morgan fingerprint density at radius 3 is 2.38 bits per heavy atom. The molecule has 1 aliphatic heterocycles. The number of ether oxygens (including phenoxy) is 1. The third-order valence-electron chi connectivity index (χ3n) is 3.36. The zero-order chi connectivity index (χ0) is 15.8. The number of morpholine rings is 1. The summed E-state index contributed by atoms with van der Waals surface area (Å²) < 4.78 is 32.5. The molecule has 1 fully saturated rings. The van der Waals surface area contributed by atoms with Crippen LogP contribution in [0.1, 0.15) is 19.4 Å². The van der Waals surface area contributed by atoms with Gasteiger partial charge in [-0.1, -0.05) is 23.2 Å². The van der Waals surface area contributed by atoms with E-state index in [1.54, 1.807) is 0 Å². The highest BCUT2D eigenvalue weighted by Crippen LogP contribution is 2.33. The molecule has 2 atom stereocenters. The molecule has 1 aliphatic rings. The van der Waals surface area contributed by atoms with Gasteiger partial charge in [-0.2, -0.15) is 4.31 Å². The zero-order valence-electron chi connectivity index (χ0n) is 11.8. The van der Waals surface area contributed by atoms with Crippen LogP contribution in [0.2, 0.25) is 10.0 Å². The van der Waals surface area contributed by atoms with Crippen LogP contribution < -0.4 is 5.73 Å². The van der Waals surface area contributed by atoms with Gasteiger partial charge in [-0.05, 0) is 26.0 Å². The minimum atomic E-state index is -3.70. The van der Waals surface area contributed by atoms with Gasteiger partial charge in [-0.3, -0.25) is 0 Å². The third-order valence-corrected chi connectivity index (χ3v) is 6.13. The Hall–Kier alpha value is -0.370. The number of sulfonamides is 1. The van der Waals surface area contributed by atoms with Crippen LogP contribution in [-0.4, -0.2) is 38.0 Å². The summed E-state index contributed by atoms with van der Waals surface area (Å²) in [7, 11) is -3.70. The lowest BCUT2D eigenvalue weighted by Crippen LogP contribution is -2.48. The van der Waals surface area contributed by atoms with Gasteiger partial charge in [0, 0.05) is 30.2 Å². The lowest BCUT2D eigenvalue weighted by Gasteiger charge is -2.34. The van der Waals surface area contributed by atoms with E-state index in [2.05, 4.69) is 0 Å². The van der Waals surface area contributed by atoms with E-state index in [9.17, 15) is 8.42 Å². The number of hydrogen-bond donors (Lipinski definition) is 1. The van der Waals surface area contributed by atoms with Gasteiger partial charge in [0.15, 0.2) is 0 Å². The highest BCUT2D eigenvalue weighted by molar-refractivity contribution is 7.89. The van der Waals surface area contributed by atoms with E-state index in [4.69, 9.17) is 33.7 Å². The average molecular weight is 353 g/mol. The van der Waals surface area contributed by atoms with Gasteiger partial charge in [-0.15, -0.1) is 0 Å². The number of nitrogens with zero attached hydrogens (tertiary/aromatic N) is 1. The monoisotopic (exact) mass is 352 g/mol. The molecule has 2 N–H and O–H groups in total. The highest BCUT2D eigenvalue weighted by Gasteiger charge is 2.34. The van der Waals surface area contributed by atoms with E-state index in [1.807, 2.05) is 13.8 Å². The maximum Gasteiger partial charge on any atom is 0.244 e. The smallest absolute Gasteiger partial charge is 0.244 e. The first-order valence-electron chi connectivity index (χ1n) is 6.60. The van der Waals surface area contributed by atoms with Gasteiger partial charge in [-0.25, -0.2) is 8.42 Å². The maximum atomic E-state index is 12.8. The molecule has 1 heterocycles. The molecular formula is C13H18Cl2N2O3S. The van der Waals surface area contributed by atoms with Crippen molar-refractivity contribution >= 4 is 33.2 Å². The second kappa shape index (κ2) is 6.40. The van der Waals surface area contributed by atoms with E-state index < -0.39 is 10.0 Å². The van der Waals surface area contributed by atoms with Gasteiger partial charge >= 0.3 is 0 Å². The molecule has 0 amide bonds. The first-order valence-corrected chi connectivity index (χ1v) is 8.79. The van der Waals surface area contributed by atoms with Crippen molar-refractivity contribution in [3.63, 3.8) is 0 Å². The molecule has 0 bridgehead atoms. The normalized spacial score (nSPS) is 24.2. The summed E-state index contributed by atoms with van der Waals surface area (Å²) in [5.41, 5.74) is 6.03. The Balaban J connectivity index is 2.45. The van der Waals surface area contributed by atoms with Crippen molar-refractivity contribution in [3.05, 3.63) is 27.7 Å². The van der Waals surface area contributed by atoms with Crippen molar-refractivity contribution in [1.82, 2.24) is 4.31 Å². The fourth-order valence-corrected chi connectivity index (χ4v) is 4.93. The van der Waals surface area contributed by atoms with Gasteiger partial charge in [0.2, 0.25) is 10.0 Å². The largest absolute Gasteiger partial charge is 0.373 e. The second-order valence-corrected chi connectivity index (χ2v) is 7.81. The van der Waals surface area contributed by atoms with Crippen molar-refractivity contribution < 1.29 is 13.2 Å². The number of halogens is 2. The molecule has 1 aromatic rings. The maximum absolute atomic E-state index is 12.8. The topological polar surface area (TPSA) is 72.6 Å². The number of benzene rings is 1. The van der Waals surface area contributed by atoms with Gasteiger partial charge in [0.1, 0.15) is 4.90 Å². The standard InChI is InChI=1S/C13H18Cl2N2O3S/c1-8-6-17(7-9(2)20-8)21(18,19)12-4-3-11(14)10(5-16)13(12)15/h3-4,8-9H,5-7,16H2,1-2H3. The Kier molecular flexibility index (Phi) is 5.18. The van der Waals surface area contributed by atoms with Crippen LogP contribution in [-0.2, 0) is 21.3 Å². The Morgan fingerprint density at radius 1 is 1.29 bits per heavy atom. The molecule has 118 valence electrons. The average Bonchev–Trinajstić information content (AvgIpc) is 2.37. The second-order valence-electron chi connectivity index (χ2n) is 5.12. The summed E-state index contributed by atoms with van der Waals surface area (Å²) in [4.78, 5) is 0.0373. The highest BCUT2D eigenvalue weighted by atomic mass is 35.5. The summed E-state index contributed by atoms with van der Waals surface area (Å²) in [6.07, 6.45) is -0.327. The Labute approximate surface area is 135 Å². The van der Waals surface area contributed by atoms with Crippen LogP contribution >= 0.6 is 23.2 Å². The zero-order valence-corrected chi connectivity index (χ0v) is 14.2. The van der Waals surface area contributed by atoms with Crippen LogP contribution in [0.4, 0.5) is 0 Å². The number of rotatable bonds is 3. The third kappa shape index (κ3) is 3.36. The van der Waals surface area contributed by atoms with Crippen LogP contribution in [0.3, 0.4) is 0 Å². The first kappa shape index (κ1) is 17.0. The molecule has 0 radical (unpaired) electrons. The van der Waals surface area contributed by atoms with Gasteiger partial charge in [0.25, 0.3) is 0 Å². The number of hydrogen-bond acceptors (Lipinski definition) is 4. The first-order chi connectivity index (χ1) is 9.77. The van der Waals surface area contributed by atoms with E-state index >= 15 is 0 Å². The molecule has 0 saturated carbocycles. The Morgan fingerprint density at radius 2 is 1.86 bits per heavy atom. The molecule has 1 aromatic carbocycles. The molecular weight excluding hydrogens is 335 g/mol. The predicted octanol–water partition coefficient (Wildman–Crippen LogP) is 2.25. The van der Waals surface area contributed by atoms with Crippen molar-refractivity contribution in [3.8, 4) is 0 Å². The molecule has 5 nitrogen and oxygen atoms in total. The quantitative estimate of drug-likeness (QED) is 0.905. The molecule has 0 aromatic heterocycles. The molecule has 21 heavy (non-hydrogen) atoms. The van der Waals surface area contributed by atoms with E-state index in [0.717, 1.165) is 0 Å². The minimum absolute atomic E-state index is 0.0373. The fourth-order valence-electron chi connectivity index (χ4n) is 2.43.